The van der Waals surface area contributed by atoms with Crippen molar-refractivity contribution in [3.63, 3.8) is 0 Å². The van der Waals surface area contributed by atoms with E-state index < -0.39 is 22.8 Å². The Morgan fingerprint density at radius 2 is 1.92 bits per heavy atom. The Morgan fingerprint density at radius 3 is 2.55 bits per heavy atom. The maximum Gasteiger partial charge on any atom is 0.274 e. The van der Waals surface area contributed by atoms with Gasteiger partial charge in [-0.25, -0.2) is 13.8 Å². The number of pyridine rings is 1. The molecule has 1 aromatic carbocycles. The molecule has 2 heterocycles. The SMILES string of the molecule is Cn1cnc(C2CC3CC(O)(C#CC(C)(O)c4ccc(F)cn4)CC3C2)c1C(=O)Nc1ccc(F)c(Cl)c1. The molecule has 3 aromatic rings. The van der Waals surface area contributed by atoms with Gasteiger partial charge in [0.2, 0.25) is 0 Å². The minimum atomic E-state index is -1.63. The predicted octanol–water partition coefficient (Wildman–Crippen LogP) is 4.54. The highest BCUT2D eigenvalue weighted by Crippen LogP contribution is 2.54. The molecule has 0 saturated heterocycles. The van der Waals surface area contributed by atoms with Gasteiger partial charge in [0.05, 0.1) is 28.9 Å². The second-order valence-electron chi connectivity index (χ2n) is 10.5. The molecule has 0 radical (unpaired) electrons. The van der Waals surface area contributed by atoms with Gasteiger partial charge in [0.15, 0.2) is 5.60 Å². The van der Waals surface area contributed by atoms with Crippen molar-refractivity contribution in [2.75, 3.05) is 5.32 Å². The summed E-state index contributed by atoms with van der Waals surface area (Å²) >= 11 is 5.85. The van der Waals surface area contributed by atoms with Crippen LogP contribution in [0.5, 0.6) is 0 Å². The molecule has 5 rings (SSSR count). The van der Waals surface area contributed by atoms with E-state index in [1.54, 1.807) is 17.9 Å². The average molecular weight is 541 g/mol. The van der Waals surface area contributed by atoms with Crippen LogP contribution in [0.15, 0.2) is 42.9 Å². The molecule has 2 saturated carbocycles. The van der Waals surface area contributed by atoms with Gasteiger partial charge in [-0.15, -0.1) is 0 Å². The molecule has 0 bridgehead atoms. The lowest BCUT2D eigenvalue weighted by atomic mass is 9.91. The lowest BCUT2D eigenvalue weighted by Crippen LogP contribution is -2.27. The number of rotatable bonds is 4. The summed E-state index contributed by atoms with van der Waals surface area (Å²) in [5, 5.41) is 24.6. The number of carbonyl (C=O) groups is 1. The lowest BCUT2D eigenvalue weighted by Gasteiger charge is -2.21. The molecule has 0 spiro atoms. The summed E-state index contributed by atoms with van der Waals surface area (Å²) in [5.74, 6) is 4.56. The summed E-state index contributed by atoms with van der Waals surface area (Å²) in [5.41, 5.74) is -1.18. The number of halogens is 3. The highest BCUT2D eigenvalue weighted by molar-refractivity contribution is 6.31. The molecule has 2 aliphatic rings. The number of hydrogen-bond donors (Lipinski definition) is 3. The fourth-order valence-corrected chi connectivity index (χ4v) is 5.92. The number of carbonyl (C=O) groups excluding carboxylic acids is 1. The third kappa shape index (κ3) is 5.17. The second kappa shape index (κ2) is 9.77. The molecule has 3 N–H and O–H groups in total. The Labute approximate surface area is 223 Å². The third-order valence-corrected chi connectivity index (χ3v) is 7.84. The summed E-state index contributed by atoms with van der Waals surface area (Å²) in [4.78, 5) is 21.5. The number of anilines is 1. The largest absolute Gasteiger partial charge is 0.378 e. The zero-order valence-electron chi connectivity index (χ0n) is 20.9. The number of aryl methyl sites for hydroxylation is 1. The second-order valence-corrected chi connectivity index (χ2v) is 10.9. The molecule has 38 heavy (non-hydrogen) atoms. The summed E-state index contributed by atoms with van der Waals surface area (Å²) in [6.07, 6.45) is 4.98. The molecule has 2 fully saturated rings. The summed E-state index contributed by atoms with van der Waals surface area (Å²) in [6, 6.07) is 6.57. The van der Waals surface area contributed by atoms with E-state index in [0.717, 1.165) is 19.0 Å². The number of nitrogens with one attached hydrogen (secondary N) is 1. The van der Waals surface area contributed by atoms with Crippen LogP contribution in [0.25, 0.3) is 0 Å². The van der Waals surface area contributed by atoms with Crippen LogP contribution in [0.2, 0.25) is 5.02 Å². The van der Waals surface area contributed by atoms with Crippen molar-refractivity contribution < 1.29 is 23.8 Å². The number of imidazole rings is 1. The number of amides is 1. The number of aliphatic hydroxyl groups is 2. The number of hydrogen-bond acceptors (Lipinski definition) is 5. The van der Waals surface area contributed by atoms with Crippen molar-refractivity contribution in [3.8, 4) is 11.8 Å². The van der Waals surface area contributed by atoms with Crippen LogP contribution in [0.3, 0.4) is 0 Å². The number of nitrogens with zero attached hydrogens (tertiary/aromatic N) is 3. The Morgan fingerprint density at radius 1 is 1.21 bits per heavy atom. The molecule has 2 aliphatic carbocycles. The van der Waals surface area contributed by atoms with Gasteiger partial charge in [-0.2, -0.15) is 0 Å². The van der Waals surface area contributed by atoms with Crippen molar-refractivity contribution in [1.82, 2.24) is 14.5 Å². The molecule has 3 atom stereocenters. The monoisotopic (exact) mass is 540 g/mol. The van der Waals surface area contributed by atoms with Crippen LogP contribution < -0.4 is 5.32 Å². The van der Waals surface area contributed by atoms with Crippen molar-refractivity contribution in [2.45, 2.75) is 49.7 Å². The molecule has 10 heteroatoms. The first-order chi connectivity index (χ1) is 17.9. The topological polar surface area (TPSA) is 100 Å². The lowest BCUT2D eigenvalue weighted by molar-refractivity contribution is 0.0925. The van der Waals surface area contributed by atoms with E-state index in [0.29, 0.717) is 29.9 Å². The highest BCUT2D eigenvalue weighted by Gasteiger charge is 2.49. The maximum atomic E-state index is 13.5. The Hall–Kier alpha value is -3.32. The first kappa shape index (κ1) is 26.3. The van der Waals surface area contributed by atoms with Gasteiger partial charge in [-0.3, -0.25) is 9.78 Å². The van der Waals surface area contributed by atoms with Gasteiger partial charge in [0.25, 0.3) is 5.91 Å². The van der Waals surface area contributed by atoms with Crippen molar-refractivity contribution in [3.05, 3.63) is 76.6 Å². The van der Waals surface area contributed by atoms with Crippen LogP contribution >= 0.6 is 11.6 Å². The van der Waals surface area contributed by atoms with Gasteiger partial charge < -0.3 is 20.1 Å². The third-order valence-electron chi connectivity index (χ3n) is 7.55. The van der Waals surface area contributed by atoms with Crippen molar-refractivity contribution in [1.29, 1.82) is 0 Å². The molecular weight excluding hydrogens is 514 g/mol. The standard InChI is InChI=1S/C28H27ClF2N4O3/c1-27(37,23-6-3-19(30)14-32-23)7-8-28(38)12-17-9-16(10-18(17)13-28)24-25(35(2)15-33-24)26(36)34-20-4-5-22(31)21(29)11-20/h3-6,11,14-18,37-38H,9-10,12-13H2,1-2H3,(H,34,36). The van der Waals surface area contributed by atoms with E-state index in [9.17, 15) is 23.8 Å². The van der Waals surface area contributed by atoms with Gasteiger partial charge in [-0.1, -0.05) is 23.4 Å². The zero-order chi connectivity index (χ0) is 27.2. The maximum absolute atomic E-state index is 13.5. The van der Waals surface area contributed by atoms with Crippen molar-refractivity contribution in [2.24, 2.45) is 18.9 Å². The Balaban J connectivity index is 1.28. The van der Waals surface area contributed by atoms with Gasteiger partial charge in [0.1, 0.15) is 22.9 Å². The normalized spacial score (nSPS) is 25.8. The van der Waals surface area contributed by atoms with Gasteiger partial charge >= 0.3 is 0 Å². The average Bonchev–Trinajstić information content (AvgIpc) is 3.51. The van der Waals surface area contributed by atoms with Crippen LogP contribution in [-0.2, 0) is 12.6 Å². The van der Waals surface area contributed by atoms with Crippen LogP contribution in [0, 0.1) is 35.3 Å². The van der Waals surface area contributed by atoms with E-state index in [4.69, 9.17) is 11.6 Å². The summed E-state index contributed by atoms with van der Waals surface area (Å²) < 4.78 is 28.3. The number of fused-ring (bicyclic) bond motifs is 1. The first-order valence-corrected chi connectivity index (χ1v) is 12.7. The fraction of sp³-hybridized carbons (Fsp3) is 0.393. The Bertz CT molecular complexity index is 1430. The first-order valence-electron chi connectivity index (χ1n) is 12.3. The van der Waals surface area contributed by atoms with E-state index >= 15 is 0 Å². The van der Waals surface area contributed by atoms with E-state index in [1.165, 1.54) is 37.3 Å². The minimum absolute atomic E-state index is 0.0350. The molecular formula is C28H27ClF2N4O3. The molecule has 1 amide bonds. The van der Waals surface area contributed by atoms with E-state index in [2.05, 4.69) is 27.1 Å². The summed E-state index contributed by atoms with van der Waals surface area (Å²) in [7, 11) is 1.75. The molecule has 198 valence electrons. The molecule has 0 aliphatic heterocycles. The zero-order valence-corrected chi connectivity index (χ0v) is 21.6. The summed E-state index contributed by atoms with van der Waals surface area (Å²) in [6.45, 7) is 1.46. The minimum Gasteiger partial charge on any atom is -0.378 e. The van der Waals surface area contributed by atoms with E-state index in [1.807, 2.05) is 0 Å². The highest BCUT2D eigenvalue weighted by atomic mass is 35.5. The fourth-order valence-electron chi connectivity index (χ4n) is 5.74. The number of aromatic nitrogens is 3. The van der Waals surface area contributed by atoms with Gasteiger partial charge in [-0.05, 0) is 74.8 Å². The van der Waals surface area contributed by atoms with Crippen LogP contribution in [0.1, 0.15) is 60.4 Å². The molecule has 3 unspecified atom stereocenters. The Kier molecular flexibility index (Phi) is 6.76. The predicted molar refractivity (Wildman–Crippen MR) is 137 cm³/mol. The van der Waals surface area contributed by atoms with Gasteiger partial charge in [0, 0.05) is 18.7 Å². The van der Waals surface area contributed by atoms with Crippen LogP contribution in [0.4, 0.5) is 14.5 Å². The van der Waals surface area contributed by atoms with E-state index in [-0.39, 0.29) is 34.4 Å². The molecule has 7 nitrogen and oxygen atoms in total. The number of benzene rings is 1. The molecule has 2 aromatic heterocycles. The smallest absolute Gasteiger partial charge is 0.274 e. The van der Waals surface area contributed by atoms with Crippen LogP contribution in [-0.4, -0.2) is 36.3 Å². The van der Waals surface area contributed by atoms with Crippen molar-refractivity contribution >= 4 is 23.2 Å². The quantitative estimate of drug-likeness (QED) is 0.422.